The summed E-state index contributed by atoms with van der Waals surface area (Å²) in [5.74, 6) is -2.81. The second-order valence-corrected chi connectivity index (χ2v) is 13.8. The van der Waals surface area contributed by atoms with E-state index < -0.39 is 24.3 Å². The fourth-order valence-electron chi connectivity index (χ4n) is 6.57. The highest BCUT2D eigenvalue weighted by Gasteiger charge is 2.38. The third-order valence-corrected chi connectivity index (χ3v) is 9.85. The van der Waals surface area contributed by atoms with Crippen LogP contribution in [0.1, 0.15) is 31.2 Å². The van der Waals surface area contributed by atoms with E-state index in [1.54, 1.807) is 24.3 Å². The van der Waals surface area contributed by atoms with Crippen LogP contribution < -0.4 is 20.9 Å². The summed E-state index contributed by atoms with van der Waals surface area (Å²) in [4.78, 5) is 51.7. The lowest BCUT2D eigenvalue weighted by Gasteiger charge is -2.34. The largest absolute Gasteiger partial charge is 0.490 e. The number of carboxylic acids is 1. The number of aromatic amines is 1. The van der Waals surface area contributed by atoms with Crippen LogP contribution in [0.5, 0.6) is 0 Å². The van der Waals surface area contributed by atoms with Gasteiger partial charge in [0.05, 0.1) is 0 Å². The summed E-state index contributed by atoms with van der Waals surface area (Å²) in [6, 6.07) is 23.1. The molecule has 3 aromatic carbocycles. The number of aromatic nitrogens is 4. The molecule has 56 heavy (non-hydrogen) atoms. The molecule has 2 aliphatic rings. The van der Waals surface area contributed by atoms with E-state index in [-0.39, 0.29) is 23.7 Å². The summed E-state index contributed by atoms with van der Waals surface area (Å²) in [5.41, 5.74) is 5.68. The van der Waals surface area contributed by atoms with Crippen LogP contribution in [0.25, 0.3) is 22.5 Å². The standard InChI is InChI=1S/C36H43N9O4.C2HF3O2/c1-44-18-20-45(21-19-44)31-16-12-27(13-17-31)26-6-2-24(3-7-26)22-32(39-34(46)29-8-4-25(5-9-29)23-37-36(48)49)35(47)38-30-14-10-28(11-15-30)33-40-42-43-41-33;3-2(4,5)1(6)7/h2-3,6-7,10-17,25,29,32,37H,4-5,8-9,18-23H2,1H3,(H,38,47)(H,39,46)(H,48,49)(H,40,41,42,43);(H,6,7)/t25?,29?,32-;/m0./s1. The Hall–Kier alpha value is -6.04. The van der Waals surface area contributed by atoms with Crippen molar-refractivity contribution in [2.75, 3.05) is 50.0 Å². The average Bonchev–Trinajstić information content (AvgIpc) is 3.73. The molecule has 0 bridgehead atoms. The first-order chi connectivity index (χ1) is 26.7. The van der Waals surface area contributed by atoms with E-state index in [2.05, 4.69) is 89.8 Å². The second-order valence-electron chi connectivity index (χ2n) is 13.8. The number of anilines is 2. The Morgan fingerprint density at radius 3 is 1.95 bits per heavy atom. The summed E-state index contributed by atoms with van der Waals surface area (Å²) in [6.07, 6.45) is -3.01. The molecule has 298 valence electrons. The SMILES string of the molecule is CN1CCN(c2ccc(-c3ccc(C[C@H](NC(=O)C4CCC(CNC(=O)O)CC4)C(=O)Nc4ccc(-c5nn[nH]n5)cc4)cc3)cc2)CC1.O=C(O)C(F)(F)F. The molecule has 6 rings (SSSR count). The van der Waals surface area contributed by atoms with Crippen molar-refractivity contribution in [2.24, 2.45) is 11.8 Å². The van der Waals surface area contributed by atoms with E-state index in [1.807, 2.05) is 12.1 Å². The van der Waals surface area contributed by atoms with E-state index in [1.165, 1.54) is 5.69 Å². The molecule has 1 aliphatic heterocycles. The first-order valence-electron chi connectivity index (χ1n) is 18.1. The Morgan fingerprint density at radius 1 is 0.839 bits per heavy atom. The summed E-state index contributed by atoms with van der Waals surface area (Å²) in [5, 5.41) is 38.5. The van der Waals surface area contributed by atoms with Gasteiger partial charge in [-0.05, 0) is 97.0 Å². The van der Waals surface area contributed by atoms with Gasteiger partial charge in [-0.3, -0.25) is 9.59 Å². The number of aliphatic carboxylic acids is 1. The average molecular weight is 780 g/mol. The molecule has 15 nitrogen and oxygen atoms in total. The number of hydrogen-bond donors (Lipinski definition) is 6. The number of likely N-dealkylation sites (N-methyl/N-ethyl adjacent to an activating group) is 1. The first-order valence-corrected chi connectivity index (χ1v) is 18.1. The maximum absolute atomic E-state index is 13.7. The lowest BCUT2D eigenvalue weighted by molar-refractivity contribution is -0.192. The van der Waals surface area contributed by atoms with Crippen molar-refractivity contribution in [3.8, 4) is 22.5 Å². The molecule has 0 radical (unpaired) electrons. The zero-order valence-corrected chi connectivity index (χ0v) is 30.6. The number of tetrazole rings is 1. The van der Waals surface area contributed by atoms with Crippen LogP contribution in [0, 0.1) is 11.8 Å². The van der Waals surface area contributed by atoms with Gasteiger partial charge in [-0.15, -0.1) is 10.2 Å². The number of hydrogen-bond acceptors (Lipinski definition) is 9. The smallest absolute Gasteiger partial charge is 0.475 e. The maximum atomic E-state index is 13.7. The molecule has 2 heterocycles. The number of rotatable bonds is 11. The summed E-state index contributed by atoms with van der Waals surface area (Å²) in [7, 11) is 2.16. The van der Waals surface area contributed by atoms with Gasteiger partial charge in [0, 0.05) is 62.0 Å². The van der Waals surface area contributed by atoms with Crippen molar-refractivity contribution in [2.45, 2.75) is 44.3 Å². The number of halogens is 3. The van der Waals surface area contributed by atoms with Gasteiger partial charge in [0.1, 0.15) is 6.04 Å². The molecule has 1 aliphatic carbocycles. The number of nitrogens with zero attached hydrogens (tertiary/aromatic N) is 5. The van der Waals surface area contributed by atoms with E-state index >= 15 is 0 Å². The minimum atomic E-state index is -5.08. The van der Waals surface area contributed by atoms with Crippen LogP contribution in [0.4, 0.5) is 29.3 Å². The van der Waals surface area contributed by atoms with Gasteiger partial charge >= 0.3 is 18.2 Å². The van der Waals surface area contributed by atoms with Crippen molar-refractivity contribution < 1.29 is 42.6 Å². The van der Waals surface area contributed by atoms with Gasteiger partial charge in [-0.2, -0.15) is 18.4 Å². The molecule has 6 N–H and O–H groups in total. The summed E-state index contributed by atoms with van der Waals surface area (Å²) in [6.45, 7) is 4.55. The van der Waals surface area contributed by atoms with E-state index in [4.69, 9.17) is 15.0 Å². The third-order valence-electron chi connectivity index (χ3n) is 9.85. The lowest BCUT2D eigenvalue weighted by Crippen LogP contribution is -2.48. The minimum absolute atomic E-state index is 0.158. The van der Waals surface area contributed by atoms with Crippen molar-refractivity contribution in [3.63, 3.8) is 0 Å². The van der Waals surface area contributed by atoms with Crippen molar-refractivity contribution >= 4 is 35.3 Å². The molecule has 1 saturated heterocycles. The van der Waals surface area contributed by atoms with Crippen LogP contribution in [-0.4, -0.2) is 112 Å². The highest BCUT2D eigenvalue weighted by Crippen LogP contribution is 2.29. The molecule has 1 atom stereocenters. The summed E-state index contributed by atoms with van der Waals surface area (Å²) >= 11 is 0. The van der Waals surface area contributed by atoms with Crippen LogP contribution in [0.3, 0.4) is 0 Å². The van der Waals surface area contributed by atoms with Gasteiger partial charge in [0.25, 0.3) is 0 Å². The molecule has 18 heteroatoms. The predicted octanol–water partition coefficient (Wildman–Crippen LogP) is 4.66. The Kier molecular flexibility index (Phi) is 14.0. The van der Waals surface area contributed by atoms with Crippen LogP contribution >= 0.6 is 0 Å². The quantitative estimate of drug-likeness (QED) is 0.124. The number of carboxylic acid groups (broad SMARTS) is 2. The molecular formula is C38H44F3N9O6. The van der Waals surface area contributed by atoms with Crippen molar-refractivity contribution in [1.82, 2.24) is 36.2 Å². The van der Waals surface area contributed by atoms with E-state index in [0.717, 1.165) is 61.3 Å². The molecule has 1 saturated carbocycles. The Balaban J connectivity index is 0.000000784. The highest BCUT2D eigenvalue weighted by atomic mass is 19.4. The first kappa shape index (κ1) is 41.1. The second kappa shape index (κ2) is 19.0. The Bertz CT molecular complexity index is 1900. The lowest BCUT2D eigenvalue weighted by atomic mass is 9.81. The van der Waals surface area contributed by atoms with Crippen molar-refractivity contribution in [1.29, 1.82) is 0 Å². The van der Waals surface area contributed by atoms with Gasteiger partial charge in [0.15, 0.2) is 0 Å². The number of H-pyrrole nitrogens is 1. The van der Waals surface area contributed by atoms with Gasteiger partial charge in [0.2, 0.25) is 17.6 Å². The summed E-state index contributed by atoms with van der Waals surface area (Å²) < 4.78 is 31.7. The maximum Gasteiger partial charge on any atom is 0.490 e. The molecule has 0 spiro atoms. The zero-order chi connectivity index (χ0) is 40.2. The Morgan fingerprint density at radius 2 is 1.41 bits per heavy atom. The number of piperazine rings is 1. The predicted molar refractivity (Wildman–Crippen MR) is 201 cm³/mol. The number of alkyl halides is 3. The topological polar surface area (TPSA) is 206 Å². The van der Waals surface area contributed by atoms with Crippen LogP contribution in [0.2, 0.25) is 0 Å². The number of amides is 3. The zero-order valence-electron chi connectivity index (χ0n) is 30.6. The van der Waals surface area contributed by atoms with E-state index in [9.17, 15) is 27.6 Å². The van der Waals surface area contributed by atoms with Crippen molar-refractivity contribution in [3.05, 3.63) is 78.4 Å². The number of nitrogens with one attached hydrogen (secondary N) is 4. The molecule has 2 fully saturated rings. The third kappa shape index (κ3) is 12.0. The highest BCUT2D eigenvalue weighted by molar-refractivity contribution is 5.97. The van der Waals surface area contributed by atoms with E-state index in [0.29, 0.717) is 37.3 Å². The van der Waals surface area contributed by atoms with Gasteiger partial charge < -0.3 is 36.0 Å². The molecule has 0 unspecified atom stereocenters. The van der Waals surface area contributed by atoms with Crippen LogP contribution in [-0.2, 0) is 20.8 Å². The Labute approximate surface area is 320 Å². The number of carbonyl (C=O) groups excluding carboxylic acids is 2. The normalized spacial score (nSPS) is 17.8. The molecule has 4 aromatic rings. The van der Waals surface area contributed by atoms with Crippen LogP contribution in [0.15, 0.2) is 72.8 Å². The van der Waals surface area contributed by atoms with Gasteiger partial charge in [-0.25, -0.2) is 9.59 Å². The minimum Gasteiger partial charge on any atom is -0.475 e. The number of carbonyl (C=O) groups is 4. The van der Waals surface area contributed by atoms with Gasteiger partial charge in [-0.1, -0.05) is 36.4 Å². The molecular weight excluding hydrogens is 735 g/mol. The molecule has 1 aromatic heterocycles. The number of benzene rings is 3. The molecule has 3 amide bonds. The fourth-order valence-corrected chi connectivity index (χ4v) is 6.57. The monoisotopic (exact) mass is 779 g/mol. The fraction of sp³-hybridized carbons (Fsp3) is 0.395.